The van der Waals surface area contributed by atoms with Crippen molar-refractivity contribution in [2.45, 2.75) is 51.0 Å². The van der Waals surface area contributed by atoms with Crippen LogP contribution in [0.3, 0.4) is 0 Å². The summed E-state index contributed by atoms with van der Waals surface area (Å²) < 4.78 is 0. The number of para-hydroxylation sites is 1. The SMILES string of the molecule is OC(CCC1CCCCC1)c1cnc2ccccc2c1. The van der Waals surface area contributed by atoms with Crippen molar-refractivity contribution in [3.63, 3.8) is 0 Å². The summed E-state index contributed by atoms with van der Waals surface area (Å²) in [7, 11) is 0. The summed E-state index contributed by atoms with van der Waals surface area (Å²) in [4.78, 5) is 4.44. The number of fused-ring (bicyclic) bond motifs is 1. The maximum atomic E-state index is 10.4. The Morgan fingerprint density at radius 1 is 1.15 bits per heavy atom. The predicted molar refractivity (Wildman–Crippen MR) is 82.5 cm³/mol. The molecule has 0 saturated heterocycles. The fourth-order valence-electron chi connectivity index (χ4n) is 3.31. The van der Waals surface area contributed by atoms with Gasteiger partial charge in [0.05, 0.1) is 11.6 Å². The van der Waals surface area contributed by atoms with E-state index in [4.69, 9.17) is 0 Å². The van der Waals surface area contributed by atoms with Crippen LogP contribution in [0.15, 0.2) is 36.5 Å². The van der Waals surface area contributed by atoms with E-state index in [0.717, 1.165) is 35.2 Å². The molecule has 20 heavy (non-hydrogen) atoms. The van der Waals surface area contributed by atoms with Gasteiger partial charge in [-0.3, -0.25) is 4.98 Å². The summed E-state index contributed by atoms with van der Waals surface area (Å²) in [6, 6.07) is 10.2. The molecule has 106 valence electrons. The summed E-state index contributed by atoms with van der Waals surface area (Å²) in [5.41, 5.74) is 1.95. The van der Waals surface area contributed by atoms with Gasteiger partial charge in [-0.25, -0.2) is 0 Å². The topological polar surface area (TPSA) is 33.1 Å². The Morgan fingerprint density at radius 2 is 1.95 bits per heavy atom. The number of pyridine rings is 1. The van der Waals surface area contributed by atoms with Crippen LogP contribution in [-0.4, -0.2) is 10.1 Å². The molecule has 0 radical (unpaired) electrons. The first-order chi connectivity index (χ1) is 9.83. The Kier molecular flexibility index (Phi) is 4.31. The number of nitrogens with zero attached hydrogens (tertiary/aromatic N) is 1. The van der Waals surface area contributed by atoms with Gasteiger partial charge in [-0.15, -0.1) is 0 Å². The highest BCUT2D eigenvalue weighted by molar-refractivity contribution is 5.78. The van der Waals surface area contributed by atoms with Crippen molar-refractivity contribution in [2.75, 3.05) is 0 Å². The molecule has 1 aromatic carbocycles. The smallest absolute Gasteiger partial charge is 0.0805 e. The van der Waals surface area contributed by atoms with E-state index in [1.165, 1.54) is 32.1 Å². The predicted octanol–water partition coefficient (Wildman–Crippen LogP) is 4.63. The van der Waals surface area contributed by atoms with Gasteiger partial charge in [-0.1, -0.05) is 50.3 Å². The Hall–Kier alpha value is -1.41. The van der Waals surface area contributed by atoms with Crippen LogP contribution in [0.4, 0.5) is 0 Å². The molecule has 1 aromatic heterocycles. The molecule has 1 fully saturated rings. The number of aliphatic hydroxyl groups excluding tert-OH is 1. The molecule has 1 atom stereocenters. The third-order valence-electron chi connectivity index (χ3n) is 4.57. The molecule has 3 rings (SSSR count). The van der Waals surface area contributed by atoms with Crippen molar-refractivity contribution in [3.8, 4) is 0 Å². The van der Waals surface area contributed by atoms with Crippen LogP contribution < -0.4 is 0 Å². The molecule has 1 aliphatic carbocycles. The zero-order chi connectivity index (χ0) is 13.8. The Labute approximate surface area is 120 Å². The van der Waals surface area contributed by atoms with Crippen LogP contribution in [0, 0.1) is 5.92 Å². The average molecular weight is 269 g/mol. The standard InChI is InChI=1S/C18H23NO/c20-18(11-10-14-6-2-1-3-7-14)16-12-15-8-4-5-9-17(15)19-13-16/h4-5,8-9,12-14,18,20H,1-3,6-7,10-11H2. The number of hydrogen-bond donors (Lipinski definition) is 1. The number of aliphatic hydroxyl groups is 1. The summed E-state index contributed by atoms with van der Waals surface area (Å²) in [6.45, 7) is 0. The van der Waals surface area contributed by atoms with Gasteiger partial charge in [-0.05, 0) is 36.5 Å². The molecule has 0 amide bonds. The lowest BCUT2D eigenvalue weighted by molar-refractivity contribution is 0.151. The molecule has 0 aliphatic heterocycles. The molecule has 1 saturated carbocycles. The minimum Gasteiger partial charge on any atom is -0.388 e. The van der Waals surface area contributed by atoms with E-state index >= 15 is 0 Å². The highest BCUT2D eigenvalue weighted by Crippen LogP contribution is 2.30. The van der Waals surface area contributed by atoms with E-state index in [0.29, 0.717) is 0 Å². The minimum absolute atomic E-state index is 0.367. The molecule has 0 spiro atoms. The average Bonchev–Trinajstić information content (AvgIpc) is 2.53. The molecule has 2 aromatic rings. The molecule has 2 nitrogen and oxygen atoms in total. The van der Waals surface area contributed by atoms with Crippen molar-refractivity contribution >= 4 is 10.9 Å². The van der Waals surface area contributed by atoms with E-state index in [-0.39, 0.29) is 6.10 Å². The largest absolute Gasteiger partial charge is 0.388 e. The second-order valence-electron chi connectivity index (χ2n) is 6.06. The maximum absolute atomic E-state index is 10.4. The maximum Gasteiger partial charge on any atom is 0.0805 e. The summed E-state index contributed by atoms with van der Waals surface area (Å²) in [5.74, 6) is 0.826. The van der Waals surface area contributed by atoms with Gasteiger partial charge in [-0.2, -0.15) is 0 Å². The minimum atomic E-state index is -0.367. The normalized spacial score (nSPS) is 18.2. The quantitative estimate of drug-likeness (QED) is 0.878. The molecule has 1 N–H and O–H groups in total. The molecular formula is C18H23NO. The lowest BCUT2D eigenvalue weighted by atomic mass is 9.85. The number of hydrogen-bond acceptors (Lipinski definition) is 2. The molecule has 0 bridgehead atoms. The van der Waals surface area contributed by atoms with Crippen LogP contribution in [0.5, 0.6) is 0 Å². The van der Waals surface area contributed by atoms with Crippen molar-refractivity contribution in [1.82, 2.24) is 4.98 Å². The molecule has 2 heteroatoms. The second-order valence-corrected chi connectivity index (χ2v) is 6.06. The summed E-state index contributed by atoms with van der Waals surface area (Å²) in [6.07, 6.45) is 10.3. The second kappa shape index (κ2) is 6.36. The first-order valence-electron chi connectivity index (χ1n) is 7.86. The van der Waals surface area contributed by atoms with Crippen LogP contribution in [-0.2, 0) is 0 Å². The van der Waals surface area contributed by atoms with Crippen molar-refractivity contribution in [3.05, 3.63) is 42.1 Å². The monoisotopic (exact) mass is 269 g/mol. The van der Waals surface area contributed by atoms with Gasteiger partial charge in [0.2, 0.25) is 0 Å². The van der Waals surface area contributed by atoms with E-state index in [2.05, 4.69) is 17.1 Å². The van der Waals surface area contributed by atoms with E-state index in [9.17, 15) is 5.11 Å². The zero-order valence-electron chi connectivity index (χ0n) is 12.0. The molecule has 1 aliphatic rings. The highest BCUT2D eigenvalue weighted by atomic mass is 16.3. The van der Waals surface area contributed by atoms with Crippen molar-refractivity contribution < 1.29 is 5.11 Å². The van der Waals surface area contributed by atoms with Crippen molar-refractivity contribution in [1.29, 1.82) is 0 Å². The van der Waals surface area contributed by atoms with Crippen LogP contribution in [0.2, 0.25) is 0 Å². The molecular weight excluding hydrogens is 246 g/mol. The van der Waals surface area contributed by atoms with Crippen LogP contribution >= 0.6 is 0 Å². The lowest BCUT2D eigenvalue weighted by Crippen LogP contribution is -2.08. The van der Waals surface area contributed by atoms with E-state index in [1.807, 2.05) is 24.4 Å². The van der Waals surface area contributed by atoms with Gasteiger partial charge in [0.1, 0.15) is 0 Å². The van der Waals surface area contributed by atoms with Gasteiger partial charge < -0.3 is 5.11 Å². The Bertz CT molecular complexity index is 560. The first kappa shape index (κ1) is 13.6. The van der Waals surface area contributed by atoms with Gasteiger partial charge in [0.15, 0.2) is 0 Å². The van der Waals surface area contributed by atoms with Gasteiger partial charge in [0.25, 0.3) is 0 Å². The van der Waals surface area contributed by atoms with E-state index in [1.54, 1.807) is 0 Å². The number of benzene rings is 1. The number of aromatic nitrogens is 1. The third kappa shape index (κ3) is 3.18. The zero-order valence-corrected chi connectivity index (χ0v) is 12.0. The van der Waals surface area contributed by atoms with Crippen molar-refractivity contribution in [2.24, 2.45) is 5.92 Å². The Morgan fingerprint density at radius 3 is 2.80 bits per heavy atom. The number of rotatable bonds is 4. The molecule has 1 unspecified atom stereocenters. The van der Waals surface area contributed by atoms with Gasteiger partial charge >= 0.3 is 0 Å². The van der Waals surface area contributed by atoms with Gasteiger partial charge in [0, 0.05) is 11.6 Å². The van der Waals surface area contributed by atoms with E-state index < -0.39 is 0 Å². The highest BCUT2D eigenvalue weighted by Gasteiger charge is 2.16. The lowest BCUT2D eigenvalue weighted by Gasteiger charge is -2.22. The fourth-order valence-corrected chi connectivity index (χ4v) is 3.31. The third-order valence-corrected chi connectivity index (χ3v) is 4.57. The summed E-state index contributed by atoms with van der Waals surface area (Å²) in [5, 5.41) is 11.5. The summed E-state index contributed by atoms with van der Waals surface area (Å²) >= 11 is 0. The fraction of sp³-hybridized carbons (Fsp3) is 0.500. The molecule has 1 heterocycles. The van der Waals surface area contributed by atoms with Crippen LogP contribution in [0.1, 0.15) is 56.6 Å². The Balaban J connectivity index is 1.64. The first-order valence-corrected chi connectivity index (χ1v) is 7.86. The van der Waals surface area contributed by atoms with Crippen LogP contribution in [0.25, 0.3) is 10.9 Å².